The van der Waals surface area contributed by atoms with Crippen LogP contribution in [0.25, 0.3) is 0 Å². The van der Waals surface area contributed by atoms with Crippen LogP contribution in [0.1, 0.15) is 39.2 Å². The number of unbranched alkanes of at least 4 members (excludes halogenated alkanes) is 1. The van der Waals surface area contributed by atoms with E-state index in [1.165, 1.54) is 21.7 Å². The van der Waals surface area contributed by atoms with Crippen LogP contribution in [0.3, 0.4) is 0 Å². The van der Waals surface area contributed by atoms with Crippen molar-refractivity contribution in [2.24, 2.45) is 5.92 Å². The third-order valence-electron chi connectivity index (χ3n) is 5.28. The van der Waals surface area contributed by atoms with Gasteiger partial charge in [-0.3, -0.25) is 0 Å². The average Bonchev–Trinajstić information content (AvgIpc) is 2.69. The molecule has 2 rings (SSSR count). The Morgan fingerprint density at radius 1 is 1.39 bits per heavy atom. The molecule has 10 heteroatoms. The topological polar surface area (TPSA) is 104 Å². The number of aliphatic hydroxyl groups is 1. The molecule has 0 fully saturated rings. The lowest BCUT2D eigenvalue weighted by molar-refractivity contribution is 0.0905. The fourth-order valence-corrected chi connectivity index (χ4v) is 5.44. The molecule has 1 aromatic rings. The minimum atomic E-state index is -3.94. The van der Waals surface area contributed by atoms with Crippen LogP contribution in [0.5, 0.6) is 5.75 Å². The third-order valence-corrected chi connectivity index (χ3v) is 8.58. The molecule has 8 nitrogen and oxygen atoms in total. The summed E-state index contributed by atoms with van der Waals surface area (Å²) in [4.78, 5) is -0.0206. The van der Waals surface area contributed by atoms with Gasteiger partial charge in [0.2, 0.25) is 20.0 Å². The van der Waals surface area contributed by atoms with Crippen LogP contribution in [-0.2, 0) is 20.0 Å². The van der Waals surface area contributed by atoms with Crippen molar-refractivity contribution in [2.75, 3.05) is 33.0 Å². The SMILES string of the molecule is CCCC#Cc1ccc2c(c1)O[C@@H](CN(C)S(C)(=O)=O)[C@H](C)CN([C@@H](C)CO)S2(=O)=O. The summed E-state index contributed by atoms with van der Waals surface area (Å²) in [5.74, 6) is 5.84. The predicted octanol–water partition coefficient (Wildman–Crippen LogP) is 1.50. The van der Waals surface area contributed by atoms with Gasteiger partial charge in [-0.15, -0.1) is 0 Å². The van der Waals surface area contributed by atoms with Gasteiger partial charge >= 0.3 is 0 Å². The normalized spacial score (nSPS) is 22.4. The monoisotopic (exact) mass is 472 g/mol. The van der Waals surface area contributed by atoms with E-state index in [4.69, 9.17) is 4.74 Å². The maximum Gasteiger partial charge on any atom is 0.247 e. The lowest BCUT2D eigenvalue weighted by Gasteiger charge is -2.37. The van der Waals surface area contributed by atoms with Crippen molar-refractivity contribution in [3.63, 3.8) is 0 Å². The average molecular weight is 473 g/mol. The lowest BCUT2D eigenvalue weighted by atomic mass is 10.0. The van der Waals surface area contributed by atoms with E-state index >= 15 is 0 Å². The second-order valence-corrected chi connectivity index (χ2v) is 11.9. The smallest absolute Gasteiger partial charge is 0.247 e. The van der Waals surface area contributed by atoms with Crippen LogP contribution < -0.4 is 4.74 Å². The molecule has 31 heavy (non-hydrogen) atoms. The predicted molar refractivity (Wildman–Crippen MR) is 120 cm³/mol. The first kappa shape index (κ1) is 25.6. The number of sulfonamides is 2. The molecule has 1 aliphatic rings. The van der Waals surface area contributed by atoms with Crippen LogP contribution in [0.2, 0.25) is 0 Å². The van der Waals surface area contributed by atoms with Crippen molar-refractivity contribution < 1.29 is 26.7 Å². The molecule has 1 heterocycles. The van der Waals surface area contributed by atoms with E-state index < -0.39 is 32.2 Å². The quantitative estimate of drug-likeness (QED) is 0.629. The molecule has 1 aromatic carbocycles. The van der Waals surface area contributed by atoms with Crippen LogP contribution in [-0.4, -0.2) is 75.7 Å². The Balaban J connectivity index is 2.59. The van der Waals surface area contributed by atoms with E-state index in [0.717, 1.165) is 19.1 Å². The largest absolute Gasteiger partial charge is 0.487 e. The van der Waals surface area contributed by atoms with Gasteiger partial charge in [0.05, 0.1) is 19.4 Å². The maximum atomic E-state index is 13.4. The van der Waals surface area contributed by atoms with Gasteiger partial charge in [0, 0.05) is 37.5 Å². The Labute approximate surface area is 186 Å². The molecule has 0 amide bonds. The first-order valence-electron chi connectivity index (χ1n) is 10.2. The van der Waals surface area contributed by atoms with Gasteiger partial charge < -0.3 is 9.84 Å². The van der Waals surface area contributed by atoms with Crippen molar-refractivity contribution in [1.82, 2.24) is 8.61 Å². The molecule has 3 atom stereocenters. The van der Waals surface area contributed by atoms with E-state index in [0.29, 0.717) is 5.56 Å². The molecule has 174 valence electrons. The highest BCUT2D eigenvalue weighted by molar-refractivity contribution is 7.89. The summed E-state index contributed by atoms with van der Waals surface area (Å²) in [6.45, 7) is 5.27. The third kappa shape index (κ3) is 6.20. The van der Waals surface area contributed by atoms with Crippen LogP contribution in [0.15, 0.2) is 23.1 Å². The highest BCUT2D eigenvalue weighted by Crippen LogP contribution is 2.34. The molecule has 0 saturated heterocycles. The van der Waals surface area contributed by atoms with Crippen molar-refractivity contribution in [2.45, 2.75) is 50.7 Å². The number of nitrogens with zero attached hydrogens (tertiary/aromatic N) is 2. The zero-order chi connectivity index (χ0) is 23.4. The van der Waals surface area contributed by atoms with E-state index in [9.17, 15) is 21.9 Å². The first-order valence-corrected chi connectivity index (χ1v) is 13.5. The minimum Gasteiger partial charge on any atom is -0.487 e. The number of hydrogen-bond donors (Lipinski definition) is 1. The number of ether oxygens (including phenoxy) is 1. The number of benzene rings is 1. The summed E-state index contributed by atoms with van der Waals surface area (Å²) < 4.78 is 59.2. The molecule has 0 bridgehead atoms. The number of likely N-dealkylation sites (N-methyl/N-ethyl adjacent to an activating group) is 1. The van der Waals surface area contributed by atoms with E-state index in [1.54, 1.807) is 19.1 Å². The van der Waals surface area contributed by atoms with E-state index in [-0.39, 0.29) is 36.3 Å². The number of rotatable bonds is 6. The Hall–Kier alpha value is -1.64. The van der Waals surface area contributed by atoms with E-state index in [2.05, 4.69) is 11.8 Å². The molecule has 0 aromatic heterocycles. The molecule has 0 saturated carbocycles. The van der Waals surface area contributed by atoms with Gasteiger partial charge in [0.15, 0.2) is 0 Å². The fraction of sp³-hybridized carbons (Fsp3) is 0.619. The number of aliphatic hydroxyl groups excluding tert-OH is 1. The van der Waals surface area contributed by atoms with Gasteiger partial charge in [-0.2, -0.15) is 4.31 Å². The van der Waals surface area contributed by atoms with Gasteiger partial charge in [-0.25, -0.2) is 21.1 Å². The minimum absolute atomic E-state index is 0.0206. The first-order chi connectivity index (χ1) is 14.4. The molecular formula is C21H32N2O6S2. The summed E-state index contributed by atoms with van der Waals surface area (Å²) in [6.07, 6.45) is 2.15. The molecule has 0 radical (unpaired) electrons. The standard InChI is InChI=1S/C21H32N2O6S2/c1-6-7-8-9-18-10-11-21-19(12-18)29-20(14-22(4)30(5,25)26)16(2)13-23(17(3)15-24)31(21,27)28/h10-12,16-17,20,24H,6-7,13-15H2,1-5H3/t16-,17+,20+/m1/s1. The maximum absolute atomic E-state index is 13.4. The zero-order valence-electron chi connectivity index (χ0n) is 18.7. The fourth-order valence-electron chi connectivity index (χ4n) is 3.20. The Bertz CT molecular complexity index is 1040. The van der Waals surface area contributed by atoms with Gasteiger partial charge in [0.25, 0.3) is 0 Å². The second kappa shape index (κ2) is 10.3. The van der Waals surface area contributed by atoms with Crippen molar-refractivity contribution in [1.29, 1.82) is 0 Å². The lowest BCUT2D eigenvalue weighted by Crippen LogP contribution is -2.50. The molecule has 0 spiro atoms. The molecule has 0 aliphatic carbocycles. The van der Waals surface area contributed by atoms with Crippen LogP contribution >= 0.6 is 0 Å². The van der Waals surface area contributed by atoms with E-state index in [1.807, 2.05) is 13.8 Å². The molecule has 1 N–H and O–H groups in total. The summed E-state index contributed by atoms with van der Waals surface area (Å²) >= 11 is 0. The zero-order valence-corrected chi connectivity index (χ0v) is 20.3. The highest BCUT2D eigenvalue weighted by atomic mass is 32.2. The van der Waals surface area contributed by atoms with Crippen molar-refractivity contribution in [3.8, 4) is 17.6 Å². The van der Waals surface area contributed by atoms with Gasteiger partial charge in [-0.05, 0) is 31.5 Å². The van der Waals surface area contributed by atoms with Gasteiger partial charge in [-0.1, -0.05) is 25.7 Å². The molecule has 0 unspecified atom stereocenters. The summed E-state index contributed by atoms with van der Waals surface area (Å²) in [5, 5.41) is 9.66. The van der Waals surface area contributed by atoms with Crippen molar-refractivity contribution in [3.05, 3.63) is 23.8 Å². The summed E-state index contributed by atoms with van der Waals surface area (Å²) in [7, 11) is -5.93. The summed E-state index contributed by atoms with van der Waals surface area (Å²) in [6, 6.07) is 4.04. The molecule has 1 aliphatic heterocycles. The number of fused-ring (bicyclic) bond motifs is 1. The van der Waals surface area contributed by atoms with Gasteiger partial charge in [0.1, 0.15) is 16.7 Å². The Morgan fingerprint density at radius 2 is 2.06 bits per heavy atom. The summed E-state index contributed by atoms with van der Waals surface area (Å²) in [5.41, 5.74) is 0.618. The Morgan fingerprint density at radius 3 is 2.65 bits per heavy atom. The van der Waals surface area contributed by atoms with Crippen LogP contribution in [0.4, 0.5) is 0 Å². The highest BCUT2D eigenvalue weighted by Gasteiger charge is 2.38. The van der Waals surface area contributed by atoms with Crippen molar-refractivity contribution >= 4 is 20.0 Å². The number of hydrogen-bond acceptors (Lipinski definition) is 6. The second-order valence-electron chi connectivity index (χ2n) is 8.00. The van der Waals surface area contributed by atoms with Crippen LogP contribution in [0, 0.1) is 17.8 Å². The molecular weight excluding hydrogens is 440 g/mol. The Kier molecular flexibility index (Phi) is 8.53.